The fourth-order valence-electron chi connectivity index (χ4n) is 2.50. The zero-order valence-electron chi connectivity index (χ0n) is 12.3. The fourth-order valence-corrected chi connectivity index (χ4v) is 2.50. The molecule has 1 atom stereocenters. The first-order chi connectivity index (χ1) is 10.1. The van der Waals surface area contributed by atoms with Gasteiger partial charge in [-0.15, -0.1) is 5.10 Å². The summed E-state index contributed by atoms with van der Waals surface area (Å²) in [7, 11) is 3.38. The molecule has 1 saturated heterocycles. The molecule has 1 aliphatic heterocycles. The smallest absolute Gasteiger partial charge is 0.294 e. The fraction of sp³-hybridized carbons (Fsp3) is 0.692. The van der Waals surface area contributed by atoms with Crippen LogP contribution >= 0.6 is 0 Å². The highest BCUT2D eigenvalue weighted by Gasteiger charge is 2.36. The minimum absolute atomic E-state index is 0.0893. The summed E-state index contributed by atoms with van der Waals surface area (Å²) >= 11 is 0. The summed E-state index contributed by atoms with van der Waals surface area (Å²) in [5.41, 5.74) is 0. The van der Waals surface area contributed by atoms with E-state index >= 15 is 0 Å². The van der Waals surface area contributed by atoms with Crippen LogP contribution in [0.25, 0.3) is 0 Å². The standard InChI is InChI=1S/C13H20N6O2/c1-18(2)12(20)9-7-14-5-6-19(9)13(21)11-15-10(16-17-11)8-3-4-8/h8-9,14H,3-7H2,1-2H3,(H,15,16,17). The number of piperazine rings is 1. The summed E-state index contributed by atoms with van der Waals surface area (Å²) in [4.78, 5) is 32.1. The topological polar surface area (TPSA) is 94.2 Å². The predicted molar refractivity (Wildman–Crippen MR) is 74.7 cm³/mol. The number of aromatic nitrogens is 3. The van der Waals surface area contributed by atoms with Gasteiger partial charge in [-0.25, -0.2) is 4.98 Å². The first-order valence-corrected chi connectivity index (χ1v) is 7.23. The Morgan fingerprint density at radius 2 is 2.10 bits per heavy atom. The molecule has 1 unspecified atom stereocenters. The van der Waals surface area contributed by atoms with Crippen LogP contribution in [0.1, 0.15) is 35.2 Å². The van der Waals surface area contributed by atoms with Crippen molar-refractivity contribution in [3.63, 3.8) is 0 Å². The van der Waals surface area contributed by atoms with Crippen LogP contribution in [0.2, 0.25) is 0 Å². The molecule has 0 aromatic carbocycles. The van der Waals surface area contributed by atoms with E-state index in [0.717, 1.165) is 18.7 Å². The monoisotopic (exact) mass is 292 g/mol. The largest absolute Gasteiger partial charge is 0.347 e. The lowest BCUT2D eigenvalue weighted by atomic mass is 10.1. The molecule has 1 aromatic heterocycles. The summed E-state index contributed by atoms with van der Waals surface area (Å²) in [6, 6.07) is -0.496. The second-order valence-electron chi connectivity index (χ2n) is 5.77. The highest BCUT2D eigenvalue weighted by atomic mass is 16.2. The first-order valence-electron chi connectivity index (χ1n) is 7.23. The van der Waals surface area contributed by atoms with Gasteiger partial charge in [0.2, 0.25) is 11.7 Å². The molecule has 1 saturated carbocycles. The maximum absolute atomic E-state index is 12.6. The Morgan fingerprint density at radius 3 is 2.76 bits per heavy atom. The number of hydrogen-bond donors (Lipinski definition) is 2. The molecule has 114 valence electrons. The van der Waals surface area contributed by atoms with Crippen molar-refractivity contribution in [2.24, 2.45) is 0 Å². The predicted octanol–water partition coefficient (Wildman–Crippen LogP) is -0.816. The van der Waals surface area contributed by atoms with Gasteiger partial charge in [0.15, 0.2) is 0 Å². The summed E-state index contributed by atoms with van der Waals surface area (Å²) in [6.45, 7) is 1.61. The quantitative estimate of drug-likeness (QED) is 0.759. The third-order valence-electron chi connectivity index (χ3n) is 3.89. The average Bonchev–Trinajstić information content (AvgIpc) is 3.23. The number of nitrogens with one attached hydrogen (secondary N) is 2. The van der Waals surface area contributed by atoms with Crippen LogP contribution in [-0.2, 0) is 4.79 Å². The Balaban J connectivity index is 1.77. The van der Waals surface area contributed by atoms with E-state index in [9.17, 15) is 9.59 Å². The lowest BCUT2D eigenvalue weighted by Gasteiger charge is -2.35. The zero-order valence-corrected chi connectivity index (χ0v) is 12.3. The van der Waals surface area contributed by atoms with Crippen LogP contribution in [0.3, 0.4) is 0 Å². The van der Waals surface area contributed by atoms with Gasteiger partial charge in [-0.05, 0) is 12.8 Å². The Morgan fingerprint density at radius 1 is 1.33 bits per heavy atom. The summed E-state index contributed by atoms with van der Waals surface area (Å²) in [5.74, 6) is 0.994. The number of carbonyl (C=O) groups is 2. The molecule has 1 aliphatic carbocycles. The molecule has 2 N–H and O–H groups in total. The van der Waals surface area contributed by atoms with Gasteiger partial charge in [-0.1, -0.05) is 0 Å². The van der Waals surface area contributed by atoms with Crippen molar-refractivity contribution in [3.8, 4) is 0 Å². The van der Waals surface area contributed by atoms with E-state index in [0.29, 0.717) is 25.6 Å². The Labute approximate surface area is 122 Å². The third kappa shape index (κ3) is 2.76. The van der Waals surface area contributed by atoms with Crippen molar-refractivity contribution >= 4 is 11.8 Å². The van der Waals surface area contributed by atoms with Gasteiger partial charge in [-0.3, -0.25) is 14.7 Å². The number of H-pyrrole nitrogens is 1. The average molecular weight is 292 g/mol. The lowest BCUT2D eigenvalue weighted by molar-refractivity contribution is -0.134. The summed E-state index contributed by atoms with van der Waals surface area (Å²) in [6.07, 6.45) is 2.19. The molecule has 2 heterocycles. The normalized spacial score (nSPS) is 22.2. The van der Waals surface area contributed by atoms with Crippen LogP contribution in [0, 0.1) is 0 Å². The SMILES string of the molecule is CN(C)C(=O)C1CNCCN1C(=O)c1n[nH]c(C2CC2)n1. The van der Waals surface area contributed by atoms with Crippen LogP contribution in [0.5, 0.6) is 0 Å². The maximum Gasteiger partial charge on any atom is 0.294 e. The van der Waals surface area contributed by atoms with Gasteiger partial charge < -0.3 is 15.1 Å². The van der Waals surface area contributed by atoms with Crippen LogP contribution in [0.4, 0.5) is 0 Å². The number of rotatable bonds is 3. The van der Waals surface area contributed by atoms with E-state index in [-0.39, 0.29) is 17.6 Å². The zero-order chi connectivity index (χ0) is 15.0. The van der Waals surface area contributed by atoms with E-state index in [2.05, 4.69) is 20.5 Å². The van der Waals surface area contributed by atoms with Crippen LogP contribution in [-0.4, -0.2) is 76.6 Å². The highest BCUT2D eigenvalue weighted by Crippen LogP contribution is 2.37. The molecule has 2 aliphatic rings. The highest BCUT2D eigenvalue weighted by molar-refractivity contribution is 5.95. The molecule has 2 amide bonds. The number of hydrogen-bond acceptors (Lipinski definition) is 5. The van der Waals surface area contributed by atoms with Crippen molar-refractivity contribution in [2.75, 3.05) is 33.7 Å². The molecule has 8 heteroatoms. The van der Waals surface area contributed by atoms with Crippen molar-refractivity contribution in [2.45, 2.75) is 24.8 Å². The van der Waals surface area contributed by atoms with Crippen molar-refractivity contribution < 1.29 is 9.59 Å². The van der Waals surface area contributed by atoms with E-state index < -0.39 is 6.04 Å². The summed E-state index contributed by atoms with van der Waals surface area (Å²) in [5, 5.41) is 10.0. The van der Waals surface area contributed by atoms with Crippen molar-refractivity contribution in [1.29, 1.82) is 0 Å². The summed E-state index contributed by atoms with van der Waals surface area (Å²) < 4.78 is 0. The molecule has 0 bridgehead atoms. The molecule has 2 fully saturated rings. The van der Waals surface area contributed by atoms with Gasteiger partial charge in [0.1, 0.15) is 11.9 Å². The third-order valence-corrected chi connectivity index (χ3v) is 3.89. The second kappa shape index (κ2) is 5.44. The van der Waals surface area contributed by atoms with Crippen LogP contribution < -0.4 is 5.32 Å². The number of carbonyl (C=O) groups excluding carboxylic acids is 2. The molecular formula is C13H20N6O2. The van der Waals surface area contributed by atoms with E-state index in [1.807, 2.05) is 0 Å². The number of amides is 2. The van der Waals surface area contributed by atoms with Gasteiger partial charge in [0.25, 0.3) is 5.91 Å². The Hall–Kier alpha value is -1.96. The van der Waals surface area contributed by atoms with Gasteiger partial charge in [0.05, 0.1) is 0 Å². The number of likely N-dealkylation sites (N-methyl/N-ethyl adjacent to an activating group) is 1. The maximum atomic E-state index is 12.6. The number of aromatic amines is 1. The minimum Gasteiger partial charge on any atom is -0.347 e. The van der Waals surface area contributed by atoms with E-state index in [1.54, 1.807) is 19.0 Å². The lowest BCUT2D eigenvalue weighted by Crippen LogP contribution is -2.59. The molecule has 0 radical (unpaired) electrons. The van der Waals surface area contributed by atoms with E-state index in [4.69, 9.17) is 0 Å². The first kappa shape index (κ1) is 14.0. The molecule has 1 aromatic rings. The molecule has 0 spiro atoms. The van der Waals surface area contributed by atoms with Gasteiger partial charge in [-0.2, -0.15) is 0 Å². The molecular weight excluding hydrogens is 272 g/mol. The van der Waals surface area contributed by atoms with Gasteiger partial charge in [0, 0.05) is 39.6 Å². The van der Waals surface area contributed by atoms with Crippen LogP contribution in [0.15, 0.2) is 0 Å². The molecule has 21 heavy (non-hydrogen) atoms. The molecule has 8 nitrogen and oxygen atoms in total. The Kier molecular flexibility index (Phi) is 3.62. The second-order valence-corrected chi connectivity index (χ2v) is 5.77. The van der Waals surface area contributed by atoms with E-state index in [1.165, 1.54) is 4.90 Å². The number of nitrogens with zero attached hydrogens (tertiary/aromatic N) is 4. The minimum atomic E-state index is -0.496. The van der Waals surface area contributed by atoms with Crippen molar-refractivity contribution in [3.05, 3.63) is 11.6 Å². The Bertz CT molecular complexity index is 551. The van der Waals surface area contributed by atoms with Crippen molar-refractivity contribution in [1.82, 2.24) is 30.3 Å². The molecule has 3 rings (SSSR count). The van der Waals surface area contributed by atoms with Gasteiger partial charge >= 0.3 is 0 Å².